The van der Waals surface area contributed by atoms with Gasteiger partial charge >= 0.3 is 0 Å². The summed E-state index contributed by atoms with van der Waals surface area (Å²) in [5.74, 6) is -0.382. The van der Waals surface area contributed by atoms with Crippen LogP contribution in [-0.2, 0) is 4.79 Å². The lowest BCUT2D eigenvalue weighted by Gasteiger charge is -2.13. The average molecular weight is 289 g/mol. The molecule has 110 valence electrons. The maximum Gasteiger partial charge on any atom is 0.257 e. The number of halogens is 1. The molecule has 2 aromatic carbocycles. The average Bonchev–Trinajstić information content (AvgIpc) is 2.50. The number of aliphatic hydroxyl groups is 1. The predicted octanol–water partition coefficient (Wildman–Crippen LogP) is 2.81. The quantitative estimate of drug-likeness (QED) is 0.910. The minimum atomic E-state index is -1.33. The number of rotatable bonds is 4. The van der Waals surface area contributed by atoms with E-state index in [1.54, 1.807) is 31.2 Å². The largest absolute Gasteiger partial charge is 0.497 e. The van der Waals surface area contributed by atoms with Crippen molar-refractivity contribution in [1.29, 1.82) is 0 Å². The van der Waals surface area contributed by atoms with Gasteiger partial charge < -0.3 is 15.2 Å². The van der Waals surface area contributed by atoms with E-state index in [9.17, 15) is 14.3 Å². The topological polar surface area (TPSA) is 58.6 Å². The summed E-state index contributed by atoms with van der Waals surface area (Å²) in [6.45, 7) is 1.60. The molecule has 21 heavy (non-hydrogen) atoms. The van der Waals surface area contributed by atoms with Gasteiger partial charge in [0, 0.05) is 5.69 Å². The van der Waals surface area contributed by atoms with Crippen LogP contribution < -0.4 is 10.1 Å². The molecule has 0 fully saturated rings. The number of benzene rings is 2. The van der Waals surface area contributed by atoms with Crippen molar-refractivity contribution in [2.45, 2.75) is 13.0 Å². The molecular formula is C16H16FNO3. The van der Waals surface area contributed by atoms with Gasteiger partial charge in [0.25, 0.3) is 5.91 Å². The Morgan fingerprint density at radius 3 is 2.71 bits per heavy atom. The zero-order valence-corrected chi connectivity index (χ0v) is 11.8. The number of nitrogens with one attached hydrogen (secondary N) is 1. The lowest BCUT2D eigenvalue weighted by atomic mass is 10.1. The first-order chi connectivity index (χ1) is 10.0. The van der Waals surface area contributed by atoms with Crippen LogP contribution in [-0.4, -0.2) is 18.1 Å². The van der Waals surface area contributed by atoms with Crippen molar-refractivity contribution in [2.75, 3.05) is 12.4 Å². The molecule has 2 rings (SSSR count). The van der Waals surface area contributed by atoms with Gasteiger partial charge in [-0.2, -0.15) is 0 Å². The highest BCUT2D eigenvalue weighted by atomic mass is 19.1. The van der Waals surface area contributed by atoms with E-state index in [2.05, 4.69) is 5.32 Å². The molecule has 0 spiro atoms. The van der Waals surface area contributed by atoms with Crippen LogP contribution in [0.25, 0.3) is 0 Å². The number of aliphatic hydroxyl groups excluding tert-OH is 1. The molecule has 0 bridgehead atoms. The molecule has 5 heteroatoms. The fourth-order valence-electron chi connectivity index (χ4n) is 1.90. The molecule has 4 nitrogen and oxygen atoms in total. The van der Waals surface area contributed by atoms with Gasteiger partial charge in [-0.05, 0) is 48.4 Å². The molecular weight excluding hydrogens is 273 g/mol. The Labute approximate surface area is 122 Å². The summed E-state index contributed by atoms with van der Waals surface area (Å²) in [7, 11) is 1.51. The molecule has 0 aliphatic heterocycles. The highest BCUT2D eigenvalue weighted by Crippen LogP contribution is 2.21. The van der Waals surface area contributed by atoms with E-state index in [4.69, 9.17) is 4.74 Å². The third kappa shape index (κ3) is 3.58. The first-order valence-corrected chi connectivity index (χ1v) is 6.40. The molecule has 0 aliphatic carbocycles. The number of hydrogen-bond donors (Lipinski definition) is 2. The molecule has 2 aromatic rings. The van der Waals surface area contributed by atoms with Gasteiger partial charge in [0.2, 0.25) is 0 Å². The minimum absolute atomic E-state index is 0.346. The zero-order valence-electron chi connectivity index (χ0n) is 11.8. The van der Waals surface area contributed by atoms with E-state index >= 15 is 0 Å². The molecule has 0 saturated heterocycles. The Morgan fingerprint density at radius 1 is 1.29 bits per heavy atom. The van der Waals surface area contributed by atoms with E-state index in [0.29, 0.717) is 22.6 Å². The van der Waals surface area contributed by atoms with Crippen molar-refractivity contribution < 1.29 is 19.0 Å². The highest BCUT2D eigenvalue weighted by molar-refractivity contribution is 5.94. The van der Waals surface area contributed by atoms with Crippen molar-refractivity contribution >= 4 is 11.6 Å². The first-order valence-electron chi connectivity index (χ1n) is 6.40. The van der Waals surface area contributed by atoms with Gasteiger partial charge in [0.15, 0.2) is 6.10 Å². The van der Waals surface area contributed by atoms with Crippen LogP contribution in [0.5, 0.6) is 5.75 Å². The lowest BCUT2D eigenvalue weighted by molar-refractivity contribution is -0.124. The number of anilines is 1. The number of carbonyl (C=O) groups is 1. The maximum absolute atomic E-state index is 13.2. The van der Waals surface area contributed by atoms with Crippen LogP contribution in [0.1, 0.15) is 17.2 Å². The summed E-state index contributed by atoms with van der Waals surface area (Å²) >= 11 is 0. The van der Waals surface area contributed by atoms with Crippen LogP contribution in [0.15, 0.2) is 42.5 Å². The van der Waals surface area contributed by atoms with Crippen LogP contribution in [0.2, 0.25) is 0 Å². The summed E-state index contributed by atoms with van der Waals surface area (Å²) in [5, 5.41) is 12.6. The van der Waals surface area contributed by atoms with Crippen LogP contribution in [0, 0.1) is 12.7 Å². The Kier molecular flexibility index (Phi) is 4.55. The van der Waals surface area contributed by atoms with E-state index in [0.717, 1.165) is 0 Å². The Hall–Kier alpha value is -2.40. The molecule has 1 amide bonds. The van der Waals surface area contributed by atoms with E-state index in [1.165, 1.54) is 25.3 Å². The molecule has 0 heterocycles. The summed E-state index contributed by atoms with van der Waals surface area (Å²) in [6, 6.07) is 10.8. The number of hydrogen-bond acceptors (Lipinski definition) is 3. The van der Waals surface area contributed by atoms with Crippen molar-refractivity contribution in [3.8, 4) is 5.75 Å². The molecule has 1 unspecified atom stereocenters. The number of amides is 1. The molecule has 0 aliphatic rings. The number of carbonyl (C=O) groups excluding carboxylic acids is 1. The zero-order chi connectivity index (χ0) is 15.4. The fraction of sp³-hybridized carbons (Fsp3) is 0.188. The van der Waals surface area contributed by atoms with Gasteiger partial charge in [-0.3, -0.25) is 4.79 Å². The van der Waals surface area contributed by atoms with Crippen LogP contribution in [0.3, 0.4) is 0 Å². The second-order valence-corrected chi connectivity index (χ2v) is 4.63. The smallest absolute Gasteiger partial charge is 0.257 e. The standard InChI is InChI=1S/C16H16FNO3/c1-10-8-12(6-7-14(10)17)18-16(20)15(19)11-4-3-5-13(9-11)21-2/h3-9,15,19H,1-2H3,(H,18,20). The van der Waals surface area contributed by atoms with Gasteiger partial charge in [0.05, 0.1) is 7.11 Å². The first kappa shape index (κ1) is 15.0. The fourth-order valence-corrected chi connectivity index (χ4v) is 1.90. The normalized spacial score (nSPS) is 11.8. The summed E-state index contributed by atoms with van der Waals surface area (Å²) in [5.41, 5.74) is 1.27. The summed E-state index contributed by atoms with van der Waals surface area (Å²) in [6.07, 6.45) is -1.33. The van der Waals surface area contributed by atoms with Gasteiger partial charge in [-0.25, -0.2) is 4.39 Å². The monoisotopic (exact) mass is 289 g/mol. The third-order valence-corrected chi connectivity index (χ3v) is 3.08. The molecule has 0 saturated carbocycles. The number of ether oxygens (including phenoxy) is 1. The predicted molar refractivity (Wildman–Crippen MR) is 77.7 cm³/mol. The third-order valence-electron chi connectivity index (χ3n) is 3.08. The van der Waals surface area contributed by atoms with Crippen LogP contribution >= 0.6 is 0 Å². The van der Waals surface area contributed by atoms with Crippen molar-refractivity contribution in [3.05, 3.63) is 59.4 Å². The molecule has 0 aromatic heterocycles. The van der Waals surface area contributed by atoms with Crippen molar-refractivity contribution in [3.63, 3.8) is 0 Å². The van der Waals surface area contributed by atoms with E-state index in [-0.39, 0.29) is 5.82 Å². The second-order valence-electron chi connectivity index (χ2n) is 4.63. The van der Waals surface area contributed by atoms with Gasteiger partial charge in [-0.1, -0.05) is 12.1 Å². The SMILES string of the molecule is COc1cccc(C(O)C(=O)Nc2ccc(F)c(C)c2)c1. The highest BCUT2D eigenvalue weighted by Gasteiger charge is 2.18. The molecule has 1 atom stereocenters. The number of methoxy groups -OCH3 is 1. The Bertz CT molecular complexity index is 658. The van der Waals surface area contributed by atoms with Crippen molar-refractivity contribution in [2.24, 2.45) is 0 Å². The molecule has 0 radical (unpaired) electrons. The Morgan fingerprint density at radius 2 is 2.05 bits per heavy atom. The van der Waals surface area contributed by atoms with Gasteiger partial charge in [0.1, 0.15) is 11.6 Å². The summed E-state index contributed by atoms with van der Waals surface area (Å²) in [4.78, 5) is 12.0. The van der Waals surface area contributed by atoms with Crippen molar-refractivity contribution in [1.82, 2.24) is 0 Å². The Balaban J connectivity index is 2.13. The van der Waals surface area contributed by atoms with Crippen LogP contribution in [0.4, 0.5) is 10.1 Å². The number of aryl methyl sites for hydroxylation is 1. The lowest BCUT2D eigenvalue weighted by Crippen LogP contribution is -2.20. The summed E-state index contributed by atoms with van der Waals surface area (Å²) < 4.78 is 18.2. The minimum Gasteiger partial charge on any atom is -0.497 e. The van der Waals surface area contributed by atoms with E-state index in [1.807, 2.05) is 0 Å². The van der Waals surface area contributed by atoms with Gasteiger partial charge in [-0.15, -0.1) is 0 Å². The second kappa shape index (κ2) is 6.37. The molecule has 2 N–H and O–H groups in total. The maximum atomic E-state index is 13.2. The van der Waals surface area contributed by atoms with E-state index < -0.39 is 12.0 Å².